The van der Waals surface area contributed by atoms with Crippen molar-refractivity contribution in [2.75, 3.05) is 19.6 Å². The van der Waals surface area contributed by atoms with Crippen molar-refractivity contribution in [3.63, 3.8) is 0 Å². The monoisotopic (exact) mass is 263 g/mol. The second-order valence-corrected chi connectivity index (χ2v) is 5.22. The van der Waals surface area contributed by atoms with Crippen LogP contribution in [0.1, 0.15) is 13.8 Å². The average Bonchev–Trinajstić information content (AvgIpc) is 1.98. The van der Waals surface area contributed by atoms with E-state index < -0.39 is 29.0 Å². The van der Waals surface area contributed by atoms with Crippen molar-refractivity contribution in [3.8, 4) is 0 Å². The Hall–Kier alpha value is -0.380. The quantitative estimate of drug-likeness (QED) is 0.711. The number of hydrogen-bond donors (Lipinski definition) is 2. The maximum Gasteiger partial charge on any atom is 0.402 e. The molecule has 0 atom stereocenters. The van der Waals surface area contributed by atoms with Gasteiger partial charge in [-0.2, -0.15) is 30.6 Å². The molecule has 98 valence electrons. The van der Waals surface area contributed by atoms with Crippen molar-refractivity contribution in [1.82, 2.24) is 9.03 Å². The van der Waals surface area contributed by atoms with Crippen LogP contribution in [0, 0.1) is 0 Å². The third-order valence-corrected chi connectivity index (χ3v) is 3.22. The molecule has 0 bridgehead atoms. The van der Waals surface area contributed by atoms with Crippen LogP contribution >= 0.6 is 0 Å². The zero-order valence-electron chi connectivity index (χ0n) is 9.08. The second kappa shape index (κ2) is 5.80. The molecular weight excluding hydrogens is 247 g/mol. The van der Waals surface area contributed by atoms with Crippen molar-refractivity contribution in [1.29, 1.82) is 0 Å². The van der Waals surface area contributed by atoms with Crippen LogP contribution in [0.2, 0.25) is 0 Å². The molecule has 0 heterocycles. The van der Waals surface area contributed by atoms with Gasteiger partial charge in [-0.15, -0.1) is 0 Å². The minimum Gasteiger partial charge on any atom is -0.329 e. The van der Waals surface area contributed by atoms with Crippen LogP contribution in [-0.2, 0) is 10.2 Å². The fourth-order valence-electron chi connectivity index (χ4n) is 1.00. The number of halogens is 3. The van der Waals surface area contributed by atoms with E-state index in [-0.39, 0.29) is 17.4 Å². The molecule has 16 heavy (non-hydrogen) atoms. The molecule has 0 aromatic heterocycles. The van der Waals surface area contributed by atoms with Gasteiger partial charge in [0.05, 0.1) is 0 Å². The topological polar surface area (TPSA) is 75.4 Å². The molecule has 0 unspecified atom stereocenters. The van der Waals surface area contributed by atoms with E-state index in [0.29, 0.717) is 0 Å². The smallest absolute Gasteiger partial charge is 0.329 e. The normalized spacial score (nSPS) is 13.8. The lowest BCUT2D eigenvalue weighted by atomic mass is 10.4. The Kier molecular flexibility index (Phi) is 5.66. The van der Waals surface area contributed by atoms with Crippen LogP contribution in [0.3, 0.4) is 0 Å². The van der Waals surface area contributed by atoms with Gasteiger partial charge in [0, 0.05) is 19.1 Å². The molecule has 0 fully saturated rings. The zero-order chi connectivity index (χ0) is 13.0. The number of nitrogens with zero attached hydrogens (tertiary/aromatic N) is 1. The highest BCUT2D eigenvalue weighted by Gasteiger charge is 2.36. The first-order chi connectivity index (χ1) is 7.08. The van der Waals surface area contributed by atoms with Crippen LogP contribution in [-0.4, -0.2) is 44.6 Å². The molecule has 0 saturated heterocycles. The molecule has 0 aliphatic heterocycles. The highest BCUT2D eigenvalue weighted by atomic mass is 32.2. The second-order valence-electron chi connectivity index (χ2n) is 3.51. The van der Waals surface area contributed by atoms with Gasteiger partial charge >= 0.3 is 6.18 Å². The van der Waals surface area contributed by atoms with Gasteiger partial charge in [0.1, 0.15) is 6.54 Å². The Morgan fingerprint density at radius 1 is 1.38 bits per heavy atom. The summed E-state index contributed by atoms with van der Waals surface area (Å²) in [7, 11) is -4.13. The standard InChI is InChI=1S/C7H16F3N3O2S/c1-6(2)12-16(14,15)13(4-3-11)5-7(8,9)10/h6,12H,3-5,11H2,1-2H3. The molecule has 0 aliphatic rings. The first kappa shape index (κ1) is 15.6. The lowest BCUT2D eigenvalue weighted by molar-refractivity contribution is -0.136. The fraction of sp³-hybridized carbons (Fsp3) is 1.00. The first-order valence-electron chi connectivity index (χ1n) is 4.62. The van der Waals surface area contributed by atoms with E-state index in [1.54, 1.807) is 0 Å². The largest absolute Gasteiger partial charge is 0.402 e. The molecule has 0 amide bonds. The average molecular weight is 263 g/mol. The predicted octanol–water partition coefficient (Wildman–Crippen LogP) is 0.0522. The van der Waals surface area contributed by atoms with Gasteiger partial charge in [-0.1, -0.05) is 0 Å². The maximum absolute atomic E-state index is 12.1. The van der Waals surface area contributed by atoms with Gasteiger partial charge in [-0.05, 0) is 13.8 Å². The highest BCUT2D eigenvalue weighted by molar-refractivity contribution is 7.87. The molecule has 0 aromatic rings. The van der Waals surface area contributed by atoms with E-state index in [2.05, 4.69) is 4.72 Å². The van der Waals surface area contributed by atoms with Gasteiger partial charge in [0.15, 0.2) is 0 Å². The van der Waals surface area contributed by atoms with Crippen molar-refractivity contribution in [2.45, 2.75) is 26.1 Å². The molecule has 3 N–H and O–H groups in total. The van der Waals surface area contributed by atoms with Crippen molar-refractivity contribution in [3.05, 3.63) is 0 Å². The van der Waals surface area contributed by atoms with Crippen LogP contribution in [0.25, 0.3) is 0 Å². The van der Waals surface area contributed by atoms with Crippen LogP contribution in [0.4, 0.5) is 13.2 Å². The summed E-state index contributed by atoms with van der Waals surface area (Å²) in [5, 5.41) is 0. The first-order valence-corrected chi connectivity index (χ1v) is 6.06. The Morgan fingerprint density at radius 2 is 1.88 bits per heavy atom. The summed E-state index contributed by atoms with van der Waals surface area (Å²) in [6.07, 6.45) is -4.58. The van der Waals surface area contributed by atoms with Crippen molar-refractivity contribution < 1.29 is 21.6 Å². The number of hydrogen-bond acceptors (Lipinski definition) is 3. The molecule has 0 radical (unpaired) electrons. The zero-order valence-corrected chi connectivity index (χ0v) is 9.90. The molecule has 0 aromatic carbocycles. The van der Waals surface area contributed by atoms with Gasteiger partial charge in [0.25, 0.3) is 10.2 Å². The molecule has 0 saturated carbocycles. The lowest BCUT2D eigenvalue weighted by Gasteiger charge is -2.24. The van der Waals surface area contributed by atoms with E-state index in [4.69, 9.17) is 5.73 Å². The van der Waals surface area contributed by atoms with Crippen LogP contribution < -0.4 is 10.5 Å². The summed E-state index contributed by atoms with van der Waals surface area (Å²) >= 11 is 0. The van der Waals surface area contributed by atoms with E-state index in [0.717, 1.165) is 0 Å². The third-order valence-electron chi connectivity index (χ3n) is 1.46. The minimum absolute atomic E-state index is 0.172. The minimum atomic E-state index is -4.58. The Morgan fingerprint density at radius 3 is 2.19 bits per heavy atom. The Bertz CT molecular complexity index is 302. The fourth-order valence-corrected chi connectivity index (χ4v) is 2.41. The maximum atomic E-state index is 12.1. The Labute approximate surface area is 93.0 Å². The summed E-state index contributed by atoms with van der Waals surface area (Å²) < 4.78 is 61.7. The van der Waals surface area contributed by atoms with Crippen molar-refractivity contribution in [2.24, 2.45) is 5.73 Å². The van der Waals surface area contributed by atoms with E-state index in [1.165, 1.54) is 13.8 Å². The molecule has 0 rings (SSSR count). The third kappa shape index (κ3) is 6.26. The number of nitrogens with one attached hydrogen (secondary N) is 1. The van der Waals surface area contributed by atoms with Crippen LogP contribution in [0.5, 0.6) is 0 Å². The van der Waals surface area contributed by atoms with Crippen molar-refractivity contribution >= 4 is 10.2 Å². The van der Waals surface area contributed by atoms with Gasteiger partial charge in [-0.25, -0.2) is 0 Å². The van der Waals surface area contributed by atoms with E-state index >= 15 is 0 Å². The SMILES string of the molecule is CC(C)NS(=O)(=O)N(CCN)CC(F)(F)F. The lowest BCUT2D eigenvalue weighted by Crippen LogP contribution is -2.48. The van der Waals surface area contributed by atoms with E-state index in [1.807, 2.05) is 0 Å². The molecule has 0 spiro atoms. The van der Waals surface area contributed by atoms with Crippen LogP contribution in [0.15, 0.2) is 0 Å². The number of rotatable bonds is 6. The molecule has 5 nitrogen and oxygen atoms in total. The summed E-state index contributed by atoms with van der Waals surface area (Å²) in [5.41, 5.74) is 5.07. The predicted molar refractivity (Wildman–Crippen MR) is 53.9 cm³/mol. The number of nitrogens with two attached hydrogens (primary N) is 1. The number of alkyl halides is 3. The Balaban J connectivity index is 4.77. The molecular formula is C7H16F3N3O2S. The van der Waals surface area contributed by atoms with Gasteiger partial charge in [0.2, 0.25) is 0 Å². The summed E-state index contributed by atoms with van der Waals surface area (Å²) in [6, 6.07) is -0.474. The highest BCUT2D eigenvalue weighted by Crippen LogP contribution is 2.17. The summed E-state index contributed by atoms with van der Waals surface area (Å²) in [4.78, 5) is 0. The van der Waals surface area contributed by atoms with Gasteiger partial charge in [-0.3, -0.25) is 0 Å². The molecule has 0 aliphatic carbocycles. The molecule has 9 heteroatoms. The van der Waals surface area contributed by atoms with Gasteiger partial charge < -0.3 is 5.73 Å². The summed E-state index contributed by atoms with van der Waals surface area (Å²) in [6.45, 7) is 0.959. The van der Waals surface area contributed by atoms with E-state index in [9.17, 15) is 21.6 Å². The summed E-state index contributed by atoms with van der Waals surface area (Å²) in [5.74, 6) is 0.